The molecule has 1 amide bonds. The van der Waals surface area contributed by atoms with Crippen molar-refractivity contribution in [1.82, 2.24) is 0 Å². The number of nitrogens with one attached hydrogen (secondary N) is 1. The van der Waals surface area contributed by atoms with Crippen LogP contribution >= 0.6 is 0 Å². The van der Waals surface area contributed by atoms with E-state index in [0.29, 0.717) is 16.9 Å². The van der Waals surface area contributed by atoms with Gasteiger partial charge in [-0.1, -0.05) is 67.6 Å². The molecule has 1 aliphatic rings. The number of benzene rings is 4. The van der Waals surface area contributed by atoms with E-state index >= 15 is 0 Å². The first kappa shape index (κ1) is 20.3. The van der Waals surface area contributed by atoms with Crippen molar-refractivity contribution >= 4 is 38.1 Å². The number of aryl methyl sites for hydroxylation is 1. The normalized spacial score (nSPS) is 14.0. The monoisotopic (exact) mass is 442 g/mol. The zero-order valence-electron chi connectivity index (χ0n) is 17.6. The van der Waals surface area contributed by atoms with Crippen LogP contribution in [0.3, 0.4) is 0 Å². The number of rotatable bonds is 4. The van der Waals surface area contributed by atoms with Gasteiger partial charge in [0.05, 0.1) is 10.6 Å². The minimum absolute atomic E-state index is 0.221. The number of carbonyl (C=O) groups excluding carboxylic acids is 1. The third kappa shape index (κ3) is 3.33. The Labute approximate surface area is 187 Å². The minimum atomic E-state index is -3.87. The van der Waals surface area contributed by atoms with E-state index in [1.165, 1.54) is 4.31 Å². The van der Waals surface area contributed by atoms with Crippen LogP contribution in [-0.2, 0) is 21.2 Å². The first-order valence-electron chi connectivity index (χ1n) is 10.5. The highest BCUT2D eigenvalue weighted by atomic mass is 32.2. The number of nitrogens with zero attached hydrogens (tertiary/aromatic N) is 1. The summed E-state index contributed by atoms with van der Waals surface area (Å²) in [4.78, 5) is 13.3. The van der Waals surface area contributed by atoms with Crippen molar-refractivity contribution in [2.75, 3.05) is 16.2 Å². The Morgan fingerprint density at radius 1 is 0.875 bits per heavy atom. The maximum atomic E-state index is 13.5. The molecule has 0 bridgehead atoms. The second-order valence-corrected chi connectivity index (χ2v) is 9.62. The summed E-state index contributed by atoms with van der Waals surface area (Å²) in [5.74, 6) is -0.394. The molecule has 4 aromatic carbocycles. The fraction of sp³-hybridized carbons (Fsp3) is 0.115. The summed E-state index contributed by atoms with van der Waals surface area (Å²) < 4.78 is 28.1. The summed E-state index contributed by atoms with van der Waals surface area (Å²) in [7, 11) is -3.87. The van der Waals surface area contributed by atoms with Gasteiger partial charge in [-0.05, 0) is 41.6 Å². The summed E-state index contributed by atoms with van der Waals surface area (Å²) in [6.45, 7) is 1.75. The van der Waals surface area contributed by atoms with Crippen molar-refractivity contribution in [2.24, 2.45) is 0 Å². The topological polar surface area (TPSA) is 66.5 Å². The van der Waals surface area contributed by atoms with Gasteiger partial charge >= 0.3 is 0 Å². The SMILES string of the molecule is CCc1ccc2c(c1)-c1ccccc1S(=O)(=O)N2CC(=O)Nc1cccc2ccccc12. The highest BCUT2D eigenvalue weighted by Gasteiger charge is 2.36. The molecule has 1 aliphatic heterocycles. The molecule has 0 saturated carbocycles. The van der Waals surface area contributed by atoms with Gasteiger partial charge in [-0.3, -0.25) is 9.10 Å². The number of carbonyl (C=O) groups is 1. The molecule has 6 heteroatoms. The van der Waals surface area contributed by atoms with E-state index in [9.17, 15) is 13.2 Å². The van der Waals surface area contributed by atoms with Gasteiger partial charge in [-0.25, -0.2) is 8.42 Å². The third-order valence-electron chi connectivity index (χ3n) is 5.83. The summed E-state index contributed by atoms with van der Waals surface area (Å²) in [6, 6.07) is 26.1. The predicted octanol–water partition coefficient (Wildman–Crippen LogP) is 5.22. The van der Waals surface area contributed by atoms with Gasteiger partial charge in [-0.15, -0.1) is 0 Å². The Morgan fingerprint density at radius 3 is 2.47 bits per heavy atom. The maximum absolute atomic E-state index is 13.5. The van der Waals surface area contributed by atoms with Gasteiger partial charge in [0.15, 0.2) is 0 Å². The quantitative estimate of drug-likeness (QED) is 0.471. The molecule has 5 nitrogen and oxygen atoms in total. The summed E-state index contributed by atoms with van der Waals surface area (Å²) in [6.07, 6.45) is 0.837. The van der Waals surface area contributed by atoms with E-state index in [1.54, 1.807) is 18.2 Å². The molecule has 0 saturated heterocycles. The molecule has 0 aromatic heterocycles. The van der Waals surface area contributed by atoms with Crippen molar-refractivity contribution < 1.29 is 13.2 Å². The number of fused-ring (bicyclic) bond motifs is 4. The lowest BCUT2D eigenvalue weighted by atomic mass is 9.99. The van der Waals surface area contributed by atoms with Gasteiger partial charge < -0.3 is 5.32 Å². The number of anilines is 2. The van der Waals surface area contributed by atoms with Crippen molar-refractivity contribution in [3.63, 3.8) is 0 Å². The molecule has 1 N–H and O–H groups in total. The van der Waals surface area contributed by atoms with E-state index in [1.807, 2.05) is 66.7 Å². The van der Waals surface area contributed by atoms with Crippen LogP contribution in [0.1, 0.15) is 12.5 Å². The molecule has 4 aromatic rings. The Bertz CT molecular complexity index is 1460. The third-order valence-corrected chi connectivity index (χ3v) is 7.65. The zero-order valence-corrected chi connectivity index (χ0v) is 18.4. The van der Waals surface area contributed by atoms with Crippen LogP contribution in [0, 0.1) is 0 Å². The van der Waals surface area contributed by atoms with Crippen LogP contribution < -0.4 is 9.62 Å². The highest BCUT2D eigenvalue weighted by molar-refractivity contribution is 7.93. The molecule has 0 fully saturated rings. The van der Waals surface area contributed by atoms with Gasteiger partial charge in [0.2, 0.25) is 5.91 Å². The van der Waals surface area contributed by atoms with Crippen LogP contribution in [0.15, 0.2) is 89.8 Å². The van der Waals surface area contributed by atoms with Crippen LogP contribution in [0.5, 0.6) is 0 Å². The summed E-state index contributed by atoms with van der Waals surface area (Å²) in [5.41, 5.74) is 3.78. The standard InChI is InChI=1S/C26H22N2O3S/c1-2-18-14-15-24-22(16-18)21-11-5-6-13-25(21)32(30,31)28(24)17-26(29)27-23-12-7-9-19-8-3-4-10-20(19)23/h3-16H,2,17H2,1H3,(H,27,29). The molecule has 0 aliphatic carbocycles. The van der Waals surface area contributed by atoms with Crippen molar-refractivity contribution in [2.45, 2.75) is 18.2 Å². The average Bonchev–Trinajstić information content (AvgIpc) is 2.82. The van der Waals surface area contributed by atoms with Gasteiger partial charge in [0, 0.05) is 22.2 Å². The molecule has 160 valence electrons. The number of sulfonamides is 1. The van der Waals surface area contributed by atoms with E-state index in [-0.39, 0.29) is 11.4 Å². The van der Waals surface area contributed by atoms with E-state index in [4.69, 9.17) is 0 Å². The molecular weight excluding hydrogens is 420 g/mol. The molecule has 32 heavy (non-hydrogen) atoms. The first-order chi connectivity index (χ1) is 15.5. The highest BCUT2D eigenvalue weighted by Crippen LogP contribution is 2.43. The largest absolute Gasteiger partial charge is 0.324 e. The fourth-order valence-corrected chi connectivity index (χ4v) is 5.87. The number of amides is 1. The van der Waals surface area contributed by atoms with Crippen LogP contribution in [0.25, 0.3) is 21.9 Å². The molecule has 0 unspecified atom stereocenters. The molecule has 0 spiro atoms. The lowest BCUT2D eigenvalue weighted by Gasteiger charge is -2.32. The Kier molecular flexibility index (Phi) is 4.94. The van der Waals surface area contributed by atoms with Crippen LogP contribution in [0.4, 0.5) is 11.4 Å². The van der Waals surface area contributed by atoms with E-state index in [2.05, 4.69) is 12.2 Å². The van der Waals surface area contributed by atoms with E-state index < -0.39 is 15.9 Å². The minimum Gasteiger partial charge on any atom is -0.324 e. The molecular formula is C26H22N2O3S. The van der Waals surface area contributed by atoms with Gasteiger partial charge in [0.25, 0.3) is 10.0 Å². The second kappa shape index (κ2) is 7.80. The second-order valence-electron chi connectivity index (χ2n) is 7.79. The van der Waals surface area contributed by atoms with Crippen molar-refractivity contribution in [1.29, 1.82) is 0 Å². The van der Waals surface area contributed by atoms with Crippen LogP contribution in [-0.4, -0.2) is 20.9 Å². The molecule has 0 atom stereocenters. The smallest absolute Gasteiger partial charge is 0.265 e. The Morgan fingerprint density at radius 2 is 1.62 bits per heavy atom. The van der Waals surface area contributed by atoms with E-state index in [0.717, 1.165) is 28.3 Å². The molecule has 5 rings (SSSR count). The predicted molar refractivity (Wildman–Crippen MR) is 128 cm³/mol. The Hall–Kier alpha value is -3.64. The fourth-order valence-electron chi connectivity index (χ4n) is 4.22. The molecule has 1 heterocycles. The number of hydrogen-bond acceptors (Lipinski definition) is 3. The van der Waals surface area contributed by atoms with Gasteiger partial charge in [0.1, 0.15) is 6.54 Å². The van der Waals surface area contributed by atoms with Gasteiger partial charge in [-0.2, -0.15) is 0 Å². The Balaban J connectivity index is 1.54. The van der Waals surface area contributed by atoms with Crippen molar-refractivity contribution in [3.05, 3.63) is 90.5 Å². The lowest BCUT2D eigenvalue weighted by molar-refractivity contribution is -0.114. The summed E-state index contributed by atoms with van der Waals surface area (Å²) in [5, 5.41) is 4.81. The summed E-state index contributed by atoms with van der Waals surface area (Å²) >= 11 is 0. The zero-order chi connectivity index (χ0) is 22.3. The number of hydrogen-bond donors (Lipinski definition) is 1. The first-order valence-corrected chi connectivity index (χ1v) is 12.0. The van der Waals surface area contributed by atoms with Crippen molar-refractivity contribution in [3.8, 4) is 11.1 Å². The molecule has 0 radical (unpaired) electrons. The maximum Gasteiger partial charge on any atom is 0.265 e. The average molecular weight is 443 g/mol. The lowest BCUT2D eigenvalue weighted by Crippen LogP contribution is -2.40. The van der Waals surface area contributed by atoms with Crippen LogP contribution in [0.2, 0.25) is 0 Å².